The van der Waals surface area contributed by atoms with Crippen LogP contribution in [0.3, 0.4) is 0 Å². The van der Waals surface area contributed by atoms with Crippen LogP contribution in [0.4, 0.5) is 17.6 Å². The van der Waals surface area contributed by atoms with Crippen LogP contribution in [0, 0.1) is 13.8 Å². The first-order chi connectivity index (χ1) is 27.5. The summed E-state index contributed by atoms with van der Waals surface area (Å²) in [5.41, 5.74) is 7.28. The molecule has 3 aliphatic heterocycles. The van der Waals surface area contributed by atoms with E-state index in [9.17, 15) is 27.5 Å². The molecule has 0 unspecified atom stereocenters. The lowest BCUT2D eigenvalue weighted by atomic mass is 9.82. The Morgan fingerprint density at radius 2 is 1.33 bits per heavy atom. The van der Waals surface area contributed by atoms with Crippen LogP contribution in [-0.4, -0.2) is 82.0 Å². The lowest BCUT2D eigenvalue weighted by Crippen LogP contribution is -2.70. The maximum atomic E-state index is 13.5. The zero-order chi connectivity index (χ0) is 39.6. The number of carboxylic acid groups (broad SMARTS) is 1. The zero-order valence-corrected chi connectivity index (χ0v) is 31.1. The Balaban J connectivity index is 1.04. The van der Waals surface area contributed by atoms with Crippen LogP contribution in [0.25, 0.3) is 56.2 Å². The van der Waals surface area contributed by atoms with Gasteiger partial charge in [0.25, 0.3) is 0 Å². The van der Waals surface area contributed by atoms with E-state index in [0.29, 0.717) is 83.9 Å². The number of rotatable bonds is 12. The Morgan fingerprint density at radius 3 is 1.79 bits per heavy atom. The van der Waals surface area contributed by atoms with E-state index in [-0.39, 0.29) is 35.1 Å². The van der Waals surface area contributed by atoms with Crippen LogP contribution in [-0.2, 0) is 22.6 Å². The third kappa shape index (κ3) is 6.76. The van der Waals surface area contributed by atoms with Gasteiger partial charge < -0.3 is 28.2 Å². The fourth-order valence-electron chi connectivity index (χ4n) is 8.42. The average Bonchev–Trinajstić information content (AvgIpc) is 3.88. The van der Waals surface area contributed by atoms with E-state index in [1.807, 2.05) is 50.2 Å². The minimum absolute atomic E-state index is 0.0414. The maximum Gasteiger partial charge on any atom is 0.387 e. The van der Waals surface area contributed by atoms with Crippen molar-refractivity contribution in [2.45, 2.75) is 71.0 Å². The first kappa shape index (κ1) is 37.1. The number of carboxylic acids is 1. The summed E-state index contributed by atoms with van der Waals surface area (Å²) >= 11 is 0. The van der Waals surface area contributed by atoms with Gasteiger partial charge in [0, 0.05) is 54.0 Å². The van der Waals surface area contributed by atoms with E-state index in [0.717, 1.165) is 35.2 Å². The number of aromatic nitrogens is 2. The molecule has 11 nitrogen and oxygen atoms in total. The number of oxazole rings is 2. The van der Waals surface area contributed by atoms with E-state index in [4.69, 9.17) is 33.0 Å². The SMILES string of the molecule is Cc1c(-c2nc3cc(CN4CCC[C@H]4C(=O)O)c(OC(F)F)cc3o2)cccc1-c1cccc(-c2nc3cc(CN4CCC45COC5)c(OC(F)F)cc3o2)c1C. The molecule has 0 bridgehead atoms. The predicted molar refractivity (Wildman–Crippen MR) is 200 cm³/mol. The molecule has 1 spiro atoms. The molecule has 1 atom stereocenters. The Hall–Kier alpha value is -5.51. The van der Waals surface area contributed by atoms with Crippen molar-refractivity contribution in [1.29, 1.82) is 0 Å². The molecular formula is C42H38F4N4O7. The quantitative estimate of drug-likeness (QED) is 0.120. The van der Waals surface area contributed by atoms with Crippen molar-refractivity contribution in [3.63, 3.8) is 0 Å². The van der Waals surface area contributed by atoms with Crippen molar-refractivity contribution >= 4 is 28.2 Å². The largest absolute Gasteiger partial charge is 0.480 e. The highest BCUT2D eigenvalue weighted by Crippen LogP contribution is 2.42. The number of fused-ring (bicyclic) bond motifs is 2. The Labute approximate surface area is 323 Å². The molecule has 296 valence electrons. The number of benzene rings is 4. The molecule has 0 saturated carbocycles. The van der Waals surface area contributed by atoms with Crippen molar-refractivity contribution in [1.82, 2.24) is 19.8 Å². The van der Waals surface area contributed by atoms with E-state index in [2.05, 4.69) is 4.90 Å². The third-order valence-corrected chi connectivity index (χ3v) is 11.6. The number of carbonyl (C=O) groups is 1. The Kier molecular flexibility index (Phi) is 9.41. The molecule has 3 saturated heterocycles. The van der Waals surface area contributed by atoms with E-state index < -0.39 is 25.2 Å². The van der Waals surface area contributed by atoms with Crippen LogP contribution < -0.4 is 9.47 Å². The van der Waals surface area contributed by atoms with Gasteiger partial charge in [0.05, 0.1) is 18.8 Å². The maximum absolute atomic E-state index is 13.5. The summed E-state index contributed by atoms with van der Waals surface area (Å²) in [7, 11) is 0. The van der Waals surface area contributed by atoms with Gasteiger partial charge in [-0.15, -0.1) is 0 Å². The van der Waals surface area contributed by atoms with Gasteiger partial charge in [0.15, 0.2) is 11.2 Å². The second kappa shape index (κ2) is 14.5. The molecule has 0 aliphatic carbocycles. The summed E-state index contributed by atoms with van der Waals surface area (Å²) in [6, 6.07) is 17.0. The fraction of sp³-hybridized carbons (Fsp3) is 0.357. The number of nitrogens with zero attached hydrogens (tertiary/aromatic N) is 4. The Morgan fingerprint density at radius 1 is 0.807 bits per heavy atom. The van der Waals surface area contributed by atoms with Gasteiger partial charge >= 0.3 is 19.2 Å². The standard InChI is InChI=1S/C42H38F4N4O7/c1-22-26(6-3-8-28(22)37-47-30-14-24(18-49-12-5-10-32(49)39(51)52)33(56-40(43)44)16-35(30)54-37)27-7-4-9-29(23(27)2)38-48-31-15-25(19-50-13-11-42(50)20-53-21-42)34(57-41(45)46)17-36(31)55-38/h3-4,6-9,14-17,32,40-41H,5,10-13,18-21H2,1-2H3,(H,51,52)/t32-/m0/s1. The van der Waals surface area contributed by atoms with Crippen LogP contribution in [0.15, 0.2) is 69.5 Å². The molecule has 9 rings (SSSR count). The number of alkyl halides is 4. The molecule has 57 heavy (non-hydrogen) atoms. The van der Waals surface area contributed by atoms with Gasteiger partial charge in [-0.05, 0) is 86.2 Å². The summed E-state index contributed by atoms with van der Waals surface area (Å²) in [6.45, 7) is 0.914. The van der Waals surface area contributed by atoms with Crippen LogP contribution >= 0.6 is 0 Å². The molecular weight excluding hydrogens is 748 g/mol. The molecule has 2 aromatic heterocycles. The number of likely N-dealkylation sites (tertiary alicyclic amines) is 2. The van der Waals surface area contributed by atoms with Crippen LogP contribution in [0.2, 0.25) is 0 Å². The van der Waals surface area contributed by atoms with Gasteiger partial charge in [-0.25, -0.2) is 9.97 Å². The minimum Gasteiger partial charge on any atom is -0.480 e. The lowest BCUT2D eigenvalue weighted by molar-refractivity contribution is -0.196. The molecule has 3 aliphatic rings. The van der Waals surface area contributed by atoms with Gasteiger partial charge in [0.1, 0.15) is 28.6 Å². The summed E-state index contributed by atoms with van der Waals surface area (Å²) in [5, 5.41) is 9.67. The number of aliphatic carboxylic acids is 1. The Bertz CT molecular complexity index is 2510. The van der Waals surface area contributed by atoms with E-state index in [1.165, 1.54) is 12.1 Å². The number of ether oxygens (including phenoxy) is 3. The van der Waals surface area contributed by atoms with Crippen LogP contribution in [0.1, 0.15) is 41.5 Å². The fourth-order valence-corrected chi connectivity index (χ4v) is 8.42. The number of hydrogen-bond donors (Lipinski definition) is 1. The van der Waals surface area contributed by atoms with Crippen LogP contribution in [0.5, 0.6) is 11.5 Å². The van der Waals surface area contributed by atoms with Crippen molar-refractivity contribution in [2.75, 3.05) is 26.3 Å². The second-order valence-electron chi connectivity index (χ2n) is 15.0. The molecule has 5 heterocycles. The van der Waals surface area contributed by atoms with Gasteiger partial charge in [0.2, 0.25) is 11.8 Å². The van der Waals surface area contributed by atoms with Crippen molar-refractivity contribution in [3.05, 3.63) is 82.9 Å². The first-order valence-corrected chi connectivity index (χ1v) is 18.7. The second-order valence-corrected chi connectivity index (χ2v) is 15.0. The highest BCUT2D eigenvalue weighted by Gasteiger charge is 2.50. The normalized spacial score (nSPS) is 18.2. The van der Waals surface area contributed by atoms with Gasteiger partial charge in [-0.2, -0.15) is 17.6 Å². The van der Waals surface area contributed by atoms with Gasteiger partial charge in [-0.3, -0.25) is 14.6 Å². The average molecular weight is 787 g/mol. The molecule has 3 fully saturated rings. The topological polar surface area (TPSA) is 124 Å². The molecule has 0 amide bonds. The molecule has 6 aromatic rings. The van der Waals surface area contributed by atoms with Crippen molar-refractivity contribution in [3.8, 4) is 45.5 Å². The first-order valence-electron chi connectivity index (χ1n) is 18.7. The predicted octanol–water partition coefficient (Wildman–Crippen LogP) is 8.81. The van der Waals surface area contributed by atoms with E-state index >= 15 is 0 Å². The molecule has 0 radical (unpaired) electrons. The molecule has 4 aromatic carbocycles. The monoisotopic (exact) mass is 786 g/mol. The number of halogens is 4. The van der Waals surface area contributed by atoms with Crippen molar-refractivity contribution < 1.29 is 50.5 Å². The summed E-state index contributed by atoms with van der Waals surface area (Å²) < 4.78 is 81.7. The number of hydrogen-bond acceptors (Lipinski definition) is 10. The summed E-state index contributed by atoms with van der Waals surface area (Å²) in [4.78, 5) is 25.3. The highest BCUT2D eigenvalue weighted by molar-refractivity contribution is 5.85. The third-order valence-electron chi connectivity index (χ3n) is 11.6. The summed E-state index contributed by atoms with van der Waals surface area (Å²) in [6.07, 6.45) is 2.15. The smallest absolute Gasteiger partial charge is 0.387 e. The van der Waals surface area contributed by atoms with Crippen molar-refractivity contribution in [2.24, 2.45) is 0 Å². The minimum atomic E-state index is -3.09. The molecule has 15 heteroatoms. The highest BCUT2D eigenvalue weighted by atomic mass is 19.3. The molecule has 1 N–H and O–H groups in total. The zero-order valence-electron chi connectivity index (χ0n) is 31.1. The lowest BCUT2D eigenvalue weighted by Gasteiger charge is -2.57. The van der Waals surface area contributed by atoms with Gasteiger partial charge in [-0.1, -0.05) is 24.3 Å². The van der Waals surface area contributed by atoms with E-state index in [1.54, 1.807) is 17.0 Å². The summed E-state index contributed by atoms with van der Waals surface area (Å²) in [5.74, 6) is -0.415.